The Morgan fingerprint density at radius 2 is 2.12 bits per heavy atom. The van der Waals surface area contributed by atoms with Crippen molar-refractivity contribution in [2.45, 2.75) is 37.0 Å². The first-order chi connectivity index (χ1) is 7.50. The van der Waals surface area contributed by atoms with Crippen molar-refractivity contribution in [1.29, 1.82) is 0 Å². The number of benzene rings is 1. The lowest BCUT2D eigenvalue weighted by molar-refractivity contribution is -0.118. The van der Waals surface area contributed by atoms with Crippen LogP contribution in [0.5, 0.6) is 0 Å². The van der Waals surface area contributed by atoms with E-state index >= 15 is 0 Å². The summed E-state index contributed by atoms with van der Waals surface area (Å²) in [5.41, 5.74) is 7.50. The van der Waals surface area contributed by atoms with Crippen molar-refractivity contribution in [1.82, 2.24) is 0 Å². The molecule has 3 nitrogen and oxygen atoms in total. The minimum Gasteiger partial charge on any atom is -0.399 e. The Kier molecular flexibility index (Phi) is 2.84. The average molecular weight is 236 g/mol. The van der Waals surface area contributed by atoms with E-state index in [0.717, 1.165) is 16.3 Å². The third kappa shape index (κ3) is 1.78. The number of thioether (sulfide) groups is 1. The minimum absolute atomic E-state index is 0.0308. The summed E-state index contributed by atoms with van der Waals surface area (Å²) < 4.78 is 0. The van der Waals surface area contributed by atoms with Crippen LogP contribution in [-0.4, -0.2) is 17.2 Å². The highest BCUT2D eigenvalue weighted by molar-refractivity contribution is 8.01. The van der Waals surface area contributed by atoms with Crippen LogP contribution in [0.3, 0.4) is 0 Å². The number of rotatable bonds is 1. The van der Waals surface area contributed by atoms with Crippen molar-refractivity contribution < 1.29 is 4.79 Å². The molecule has 0 aliphatic carbocycles. The van der Waals surface area contributed by atoms with Gasteiger partial charge in [0.05, 0.1) is 10.9 Å². The third-order valence-electron chi connectivity index (χ3n) is 2.65. The summed E-state index contributed by atoms with van der Waals surface area (Å²) >= 11 is 1.58. The summed E-state index contributed by atoms with van der Waals surface area (Å²) in [6.45, 7) is 6.00. The maximum atomic E-state index is 12.1. The van der Waals surface area contributed by atoms with Crippen LogP contribution in [0.25, 0.3) is 0 Å². The number of carbonyl (C=O) groups excluding carboxylic acids is 1. The van der Waals surface area contributed by atoms with Gasteiger partial charge >= 0.3 is 0 Å². The second kappa shape index (κ2) is 4.01. The van der Waals surface area contributed by atoms with Crippen molar-refractivity contribution in [3.63, 3.8) is 0 Å². The van der Waals surface area contributed by atoms with E-state index in [-0.39, 0.29) is 17.2 Å². The molecular formula is C12H16N2OS. The van der Waals surface area contributed by atoms with Gasteiger partial charge in [-0.2, -0.15) is 0 Å². The lowest BCUT2D eigenvalue weighted by atomic mass is 10.2. The highest BCUT2D eigenvalue weighted by Gasteiger charge is 2.32. The number of amides is 1. The molecule has 1 amide bonds. The van der Waals surface area contributed by atoms with Gasteiger partial charge in [-0.3, -0.25) is 4.79 Å². The van der Waals surface area contributed by atoms with Crippen molar-refractivity contribution >= 4 is 29.0 Å². The molecule has 0 saturated carbocycles. The van der Waals surface area contributed by atoms with E-state index in [1.165, 1.54) is 0 Å². The Morgan fingerprint density at radius 3 is 2.75 bits per heavy atom. The number of hydrogen-bond donors (Lipinski definition) is 1. The highest BCUT2D eigenvalue weighted by atomic mass is 32.2. The molecule has 0 fully saturated rings. The number of nitrogens with two attached hydrogens (primary N) is 1. The zero-order valence-corrected chi connectivity index (χ0v) is 10.5. The summed E-state index contributed by atoms with van der Waals surface area (Å²) in [6.07, 6.45) is 0. The SMILES string of the molecule is CC1Sc2cc(N)ccc2N(C(C)C)C1=O. The number of nitrogen functional groups attached to an aromatic ring is 1. The van der Waals surface area contributed by atoms with Crippen LogP contribution in [0.2, 0.25) is 0 Å². The van der Waals surface area contributed by atoms with E-state index < -0.39 is 0 Å². The first-order valence-corrected chi connectivity index (χ1v) is 6.28. The molecule has 1 atom stereocenters. The smallest absolute Gasteiger partial charge is 0.240 e. The fourth-order valence-electron chi connectivity index (χ4n) is 1.91. The van der Waals surface area contributed by atoms with E-state index in [1.807, 2.05) is 43.9 Å². The van der Waals surface area contributed by atoms with Gasteiger partial charge in [0.2, 0.25) is 5.91 Å². The highest BCUT2D eigenvalue weighted by Crippen LogP contribution is 2.40. The summed E-state index contributed by atoms with van der Waals surface area (Å²) in [5.74, 6) is 0.178. The Bertz CT molecular complexity index is 431. The first kappa shape index (κ1) is 11.3. The Hall–Kier alpha value is -1.16. The fourth-order valence-corrected chi connectivity index (χ4v) is 3.00. The minimum atomic E-state index is -0.0308. The van der Waals surface area contributed by atoms with Gasteiger partial charge in [0.1, 0.15) is 0 Å². The molecule has 4 heteroatoms. The second-order valence-electron chi connectivity index (χ2n) is 4.29. The Morgan fingerprint density at radius 1 is 1.44 bits per heavy atom. The lowest BCUT2D eigenvalue weighted by Crippen LogP contribution is -2.44. The number of hydrogen-bond acceptors (Lipinski definition) is 3. The average Bonchev–Trinajstić information content (AvgIpc) is 2.19. The van der Waals surface area contributed by atoms with Gasteiger partial charge in [0, 0.05) is 16.6 Å². The van der Waals surface area contributed by atoms with E-state index in [1.54, 1.807) is 11.8 Å². The molecule has 86 valence electrons. The largest absolute Gasteiger partial charge is 0.399 e. The number of nitrogens with zero attached hydrogens (tertiary/aromatic N) is 1. The van der Waals surface area contributed by atoms with Gasteiger partial charge in [-0.15, -0.1) is 11.8 Å². The van der Waals surface area contributed by atoms with E-state index in [0.29, 0.717) is 0 Å². The maximum Gasteiger partial charge on any atom is 0.240 e. The monoisotopic (exact) mass is 236 g/mol. The van der Waals surface area contributed by atoms with Gasteiger partial charge in [0.15, 0.2) is 0 Å². The van der Waals surface area contributed by atoms with Gasteiger partial charge in [0.25, 0.3) is 0 Å². The van der Waals surface area contributed by atoms with Crippen LogP contribution < -0.4 is 10.6 Å². The standard InChI is InChI=1S/C12H16N2OS/c1-7(2)14-10-5-4-9(13)6-11(10)16-8(3)12(14)15/h4-8H,13H2,1-3H3. The Balaban J connectivity index is 2.52. The zero-order chi connectivity index (χ0) is 11.9. The van der Waals surface area contributed by atoms with Crippen LogP contribution in [0.15, 0.2) is 23.1 Å². The zero-order valence-electron chi connectivity index (χ0n) is 9.73. The van der Waals surface area contributed by atoms with E-state index in [4.69, 9.17) is 5.73 Å². The molecule has 16 heavy (non-hydrogen) atoms. The van der Waals surface area contributed by atoms with Crippen LogP contribution in [0.1, 0.15) is 20.8 Å². The molecule has 0 bridgehead atoms. The molecule has 2 N–H and O–H groups in total. The van der Waals surface area contributed by atoms with Gasteiger partial charge in [-0.25, -0.2) is 0 Å². The van der Waals surface area contributed by atoms with Crippen LogP contribution in [0.4, 0.5) is 11.4 Å². The molecule has 1 aromatic carbocycles. The van der Waals surface area contributed by atoms with Crippen molar-refractivity contribution in [3.8, 4) is 0 Å². The molecule has 0 spiro atoms. The van der Waals surface area contributed by atoms with Gasteiger partial charge in [-0.1, -0.05) is 0 Å². The normalized spacial score (nSPS) is 20.1. The summed E-state index contributed by atoms with van der Waals surface area (Å²) in [4.78, 5) is 15.0. The topological polar surface area (TPSA) is 46.3 Å². The number of fused-ring (bicyclic) bond motifs is 1. The predicted octanol–water partition coefficient (Wildman–Crippen LogP) is 2.50. The maximum absolute atomic E-state index is 12.1. The lowest BCUT2D eigenvalue weighted by Gasteiger charge is -2.35. The van der Waals surface area contributed by atoms with E-state index in [2.05, 4.69) is 0 Å². The van der Waals surface area contributed by atoms with Crippen molar-refractivity contribution in [2.24, 2.45) is 0 Å². The molecule has 0 saturated heterocycles. The van der Waals surface area contributed by atoms with Crippen LogP contribution in [-0.2, 0) is 4.79 Å². The molecule has 2 rings (SSSR count). The predicted molar refractivity (Wildman–Crippen MR) is 68.8 cm³/mol. The molecule has 0 aromatic heterocycles. The summed E-state index contributed by atoms with van der Waals surface area (Å²) in [6, 6.07) is 5.90. The molecule has 0 radical (unpaired) electrons. The summed E-state index contributed by atoms with van der Waals surface area (Å²) in [7, 11) is 0. The van der Waals surface area contributed by atoms with Crippen molar-refractivity contribution in [2.75, 3.05) is 10.6 Å². The van der Waals surface area contributed by atoms with Gasteiger partial charge in [-0.05, 0) is 39.0 Å². The van der Waals surface area contributed by atoms with E-state index in [9.17, 15) is 4.79 Å². The van der Waals surface area contributed by atoms with Crippen LogP contribution >= 0.6 is 11.8 Å². The van der Waals surface area contributed by atoms with Gasteiger partial charge < -0.3 is 10.6 Å². The fraction of sp³-hybridized carbons (Fsp3) is 0.417. The second-order valence-corrected chi connectivity index (χ2v) is 5.67. The first-order valence-electron chi connectivity index (χ1n) is 5.40. The Labute approximate surface area is 100.0 Å². The molecule has 1 aliphatic heterocycles. The molecule has 1 aromatic rings. The molecular weight excluding hydrogens is 220 g/mol. The molecule has 1 aliphatic rings. The summed E-state index contributed by atoms with van der Waals surface area (Å²) in [5, 5.41) is -0.0308. The van der Waals surface area contributed by atoms with Crippen molar-refractivity contribution in [3.05, 3.63) is 18.2 Å². The number of anilines is 2. The quantitative estimate of drug-likeness (QED) is 0.762. The number of carbonyl (C=O) groups is 1. The molecule has 1 unspecified atom stereocenters. The third-order valence-corrected chi connectivity index (χ3v) is 3.78. The molecule has 1 heterocycles. The van der Waals surface area contributed by atoms with Crippen LogP contribution in [0, 0.1) is 0 Å².